The third-order valence-corrected chi connectivity index (χ3v) is 3.03. The number of nitro groups is 1. The van der Waals surface area contributed by atoms with E-state index in [9.17, 15) is 15.2 Å². The average molecular weight is 270 g/mol. The highest BCUT2D eigenvalue weighted by atomic mass is 16.6. The summed E-state index contributed by atoms with van der Waals surface area (Å²) < 4.78 is 0. The lowest BCUT2D eigenvalue weighted by molar-refractivity contribution is -0.384. The van der Waals surface area contributed by atoms with Gasteiger partial charge in [-0.25, -0.2) is 0 Å². The first-order chi connectivity index (χ1) is 9.49. The van der Waals surface area contributed by atoms with Crippen molar-refractivity contribution in [3.05, 3.63) is 63.2 Å². The van der Waals surface area contributed by atoms with E-state index < -0.39 is 4.92 Å². The third-order valence-electron chi connectivity index (χ3n) is 3.03. The highest BCUT2D eigenvalue weighted by molar-refractivity contribution is 5.80. The van der Waals surface area contributed by atoms with Crippen molar-refractivity contribution in [3.63, 3.8) is 0 Å². The van der Waals surface area contributed by atoms with Gasteiger partial charge in [0.15, 0.2) is 0 Å². The van der Waals surface area contributed by atoms with Gasteiger partial charge in [0.25, 0.3) is 5.69 Å². The van der Waals surface area contributed by atoms with Crippen molar-refractivity contribution < 1.29 is 10.0 Å². The number of nitro benzene ring substituents is 1. The number of aryl methyl sites for hydroxylation is 1. The number of aromatic hydroxyl groups is 1. The molecule has 2 aromatic carbocycles. The van der Waals surface area contributed by atoms with E-state index in [1.54, 1.807) is 36.4 Å². The molecular weight excluding hydrogens is 256 g/mol. The Kier molecular flexibility index (Phi) is 3.70. The van der Waals surface area contributed by atoms with Gasteiger partial charge in [-0.2, -0.15) is 0 Å². The maximum Gasteiger partial charge on any atom is 0.269 e. The molecule has 0 radical (unpaired) electrons. The summed E-state index contributed by atoms with van der Waals surface area (Å²) >= 11 is 0. The van der Waals surface area contributed by atoms with Crippen molar-refractivity contribution in [3.8, 4) is 5.75 Å². The number of benzene rings is 2. The van der Waals surface area contributed by atoms with Gasteiger partial charge in [-0.3, -0.25) is 10.1 Å². The van der Waals surface area contributed by atoms with Crippen molar-refractivity contribution in [2.24, 2.45) is 0 Å². The molecule has 2 rings (SSSR count). The molecule has 0 aliphatic rings. The Bertz CT molecular complexity index is 676. The van der Waals surface area contributed by atoms with E-state index in [2.05, 4.69) is 0 Å². The molecule has 20 heavy (non-hydrogen) atoms. The number of nitrogens with zero attached hydrogens (tertiary/aromatic N) is 1. The number of rotatable bonds is 3. The summed E-state index contributed by atoms with van der Waals surface area (Å²) in [5.41, 5.74) is 8.68. The van der Waals surface area contributed by atoms with Gasteiger partial charge in [0, 0.05) is 23.4 Å². The number of nitrogen functional groups attached to an aromatic ring is 1. The highest BCUT2D eigenvalue weighted by Crippen LogP contribution is 2.28. The zero-order chi connectivity index (χ0) is 14.7. The summed E-state index contributed by atoms with van der Waals surface area (Å²) in [4.78, 5) is 10.1. The second kappa shape index (κ2) is 5.44. The van der Waals surface area contributed by atoms with E-state index in [0.29, 0.717) is 11.3 Å². The normalized spacial score (nSPS) is 10.8. The number of hydrogen-bond acceptors (Lipinski definition) is 4. The second-order valence-corrected chi connectivity index (χ2v) is 4.41. The first-order valence-corrected chi connectivity index (χ1v) is 5.99. The van der Waals surface area contributed by atoms with Crippen LogP contribution in [0.4, 0.5) is 11.4 Å². The largest absolute Gasteiger partial charge is 0.507 e. The monoisotopic (exact) mass is 270 g/mol. The highest BCUT2D eigenvalue weighted by Gasteiger charge is 2.05. The molecule has 0 unspecified atom stereocenters. The zero-order valence-corrected chi connectivity index (χ0v) is 10.9. The third kappa shape index (κ3) is 2.77. The van der Waals surface area contributed by atoms with E-state index in [-0.39, 0.29) is 11.4 Å². The standard InChI is InChI=1S/C15H14N2O3/c1-10-2-9-14(18)13(15(10)16)8-5-11-3-6-12(7-4-11)17(19)20/h2-9,18H,16H2,1H3. The molecule has 0 fully saturated rings. The molecule has 5 heteroatoms. The summed E-state index contributed by atoms with van der Waals surface area (Å²) in [6, 6.07) is 9.46. The number of non-ortho nitro benzene ring substituents is 1. The van der Waals surface area contributed by atoms with Gasteiger partial charge in [-0.1, -0.05) is 12.1 Å². The lowest BCUT2D eigenvalue weighted by atomic mass is 10.1. The molecule has 5 nitrogen and oxygen atoms in total. The van der Waals surface area contributed by atoms with Gasteiger partial charge >= 0.3 is 0 Å². The van der Waals surface area contributed by atoms with Crippen LogP contribution in [-0.2, 0) is 0 Å². The van der Waals surface area contributed by atoms with E-state index in [1.807, 2.05) is 6.92 Å². The van der Waals surface area contributed by atoms with Crippen LogP contribution in [0.2, 0.25) is 0 Å². The zero-order valence-electron chi connectivity index (χ0n) is 10.9. The minimum atomic E-state index is -0.447. The fourth-order valence-electron chi connectivity index (χ4n) is 1.80. The van der Waals surface area contributed by atoms with E-state index in [0.717, 1.165) is 11.1 Å². The Morgan fingerprint density at radius 2 is 1.80 bits per heavy atom. The number of nitrogens with two attached hydrogens (primary N) is 1. The number of phenolic OH excluding ortho intramolecular Hbond substituents is 1. The maximum absolute atomic E-state index is 10.6. The molecule has 0 saturated carbocycles. The molecule has 0 spiro atoms. The molecule has 0 amide bonds. The molecule has 0 bridgehead atoms. The van der Waals surface area contributed by atoms with E-state index in [1.165, 1.54) is 12.1 Å². The lowest BCUT2D eigenvalue weighted by Gasteiger charge is -2.06. The van der Waals surface area contributed by atoms with Crippen LogP contribution in [0.5, 0.6) is 5.75 Å². The van der Waals surface area contributed by atoms with Gasteiger partial charge in [0.1, 0.15) is 5.75 Å². The summed E-state index contributed by atoms with van der Waals surface area (Å²) in [5.74, 6) is 0.103. The Morgan fingerprint density at radius 1 is 1.15 bits per heavy atom. The predicted molar refractivity (Wildman–Crippen MR) is 79.3 cm³/mol. The fourth-order valence-corrected chi connectivity index (χ4v) is 1.80. The Hall–Kier alpha value is -2.82. The molecule has 0 aliphatic heterocycles. The molecule has 0 aliphatic carbocycles. The van der Waals surface area contributed by atoms with Crippen LogP contribution in [0.3, 0.4) is 0 Å². The topological polar surface area (TPSA) is 89.4 Å². The molecule has 3 N–H and O–H groups in total. The summed E-state index contributed by atoms with van der Waals surface area (Å²) in [7, 11) is 0. The van der Waals surface area contributed by atoms with Gasteiger partial charge in [-0.15, -0.1) is 0 Å². The molecular formula is C15H14N2O3. The van der Waals surface area contributed by atoms with Crippen molar-refractivity contribution in [1.82, 2.24) is 0 Å². The van der Waals surface area contributed by atoms with Crippen LogP contribution in [0.15, 0.2) is 36.4 Å². The molecule has 0 saturated heterocycles. The van der Waals surface area contributed by atoms with Crippen molar-refractivity contribution in [1.29, 1.82) is 0 Å². The predicted octanol–water partition coefficient (Wildman–Crippen LogP) is 3.36. The molecule has 102 valence electrons. The van der Waals surface area contributed by atoms with Crippen LogP contribution < -0.4 is 5.73 Å². The number of hydrogen-bond donors (Lipinski definition) is 2. The number of phenols is 1. The Morgan fingerprint density at radius 3 is 2.40 bits per heavy atom. The minimum absolute atomic E-state index is 0.0417. The summed E-state index contributed by atoms with van der Waals surface area (Å²) in [5, 5.41) is 20.3. The Labute approximate surface area is 116 Å². The van der Waals surface area contributed by atoms with Crippen LogP contribution >= 0.6 is 0 Å². The van der Waals surface area contributed by atoms with Crippen LogP contribution in [0.1, 0.15) is 16.7 Å². The van der Waals surface area contributed by atoms with Gasteiger partial charge in [-0.05, 0) is 42.3 Å². The quantitative estimate of drug-likeness (QED) is 0.387. The van der Waals surface area contributed by atoms with Crippen LogP contribution in [0, 0.1) is 17.0 Å². The first kappa shape index (κ1) is 13.6. The van der Waals surface area contributed by atoms with Gasteiger partial charge in [0.2, 0.25) is 0 Å². The Balaban J connectivity index is 2.30. The number of anilines is 1. The van der Waals surface area contributed by atoms with Gasteiger partial charge < -0.3 is 10.8 Å². The van der Waals surface area contributed by atoms with Crippen molar-refractivity contribution in [2.75, 3.05) is 5.73 Å². The van der Waals surface area contributed by atoms with E-state index >= 15 is 0 Å². The first-order valence-electron chi connectivity index (χ1n) is 5.99. The molecule has 2 aromatic rings. The second-order valence-electron chi connectivity index (χ2n) is 4.41. The van der Waals surface area contributed by atoms with Crippen molar-refractivity contribution in [2.45, 2.75) is 6.92 Å². The summed E-state index contributed by atoms with van der Waals surface area (Å²) in [6.07, 6.45) is 3.44. The SMILES string of the molecule is Cc1ccc(O)c(C=Cc2ccc([N+](=O)[O-])cc2)c1N. The average Bonchev–Trinajstić information content (AvgIpc) is 2.43. The fraction of sp³-hybridized carbons (Fsp3) is 0.0667. The molecule has 0 aromatic heterocycles. The summed E-state index contributed by atoms with van der Waals surface area (Å²) in [6.45, 7) is 1.86. The minimum Gasteiger partial charge on any atom is -0.507 e. The smallest absolute Gasteiger partial charge is 0.269 e. The van der Waals surface area contributed by atoms with Gasteiger partial charge in [0.05, 0.1) is 4.92 Å². The lowest BCUT2D eigenvalue weighted by Crippen LogP contribution is -1.93. The van der Waals surface area contributed by atoms with Crippen molar-refractivity contribution >= 4 is 23.5 Å². The van der Waals surface area contributed by atoms with Crippen LogP contribution in [-0.4, -0.2) is 10.0 Å². The van der Waals surface area contributed by atoms with E-state index in [4.69, 9.17) is 5.73 Å². The molecule has 0 atom stereocenters. The van der Waals surface area contributed by atoms with Crippen LogP contribution in [0.25, 0.3) is 12.2 Å². The maximum atomic E-state index is 10.6. The molecule has 0 heterocycles.